The second-order valence-electron chi connectivity index (χ2n) is 5.22. The lowest BCUT2D eigenvalue weighted by Gasteiger charge is -2.18. The first-order chi connectivity index (χ1) is 10.1. The summed E-state index contributed by atoms with van der Waals surface area (Å²) in [7, 11) is 1.59. The molecule has 0 aliphatic carbocycles. The Morgan fingerprint density at radius 2 is 2.14 bits per heavy atom. The molecular formula is C15H21N3O3. The minimum Gasteiger partial charge on any atom is -0.383 e. The topological polar surface area (TPSA) is 70.7 Å². The van der Waals surface area contributed by atoms with Crippen LogP contribution < -0.4 is 15.5 Å². The molecule has 1 aromatic carbocycles. The molecule has 3 amide bonds. The van der Waals surface area contributed by atoms with Crippen molar-refractivity contribution in [1.29, 1.82) is 0 Å². The normalized spacial score (nSPS) is 19.4. The number of para-hydroxylation sites is 1. The molecule has 1 saturated heterocycles. The highest BCUT2D eigenvalue weighted by atomic mass is 16.5. The van der Waals surface area contributed by atoms with Crippen molar-refractivity contribution in [2.75, 3.05) is 25.2 Å². The summed E-state index contributed by atoms with van der Waals surface area (Å²) in [4.78, 5) is 25.6. The molecule has 0 bridgehead atoms. The molecule has 0 spiro atoms. The molecule has 6 heteroatoms. The van der Waals surface area contributed by atoms with E-state index in [0.29, 0.717) is 19.6 Å². The van der Waals surface area contributed by atoms with Crippen LogP contribution in [-0.4, -0.2) is 44.3 Å². The van der Waals surface area contributed by atoms with Crippen molar-refractivity contribution in [3.05, 3.63) is 30.3 Å². The number of hydrogen-bond acceptors (Lipinski definition) is 3. The molecule has 1 aromatic rings. The van der Waals surface area contributed by atoms with Gasteiger partial charge in [0, 0.05) is 25.8 Å². The Hall–Kier alpha value is -2.08. The van der Waals surface area contributed by atoms with E-state index in [1.807, 2.05) is 37.3 Å². The first kappa shape index (κ1) is 15.3. The van der Waals surface area contributed by atoms with E-state index in [9.17, 15) is 9.59 Å². The lowest BCUT2D eigenvalue weighted by Crippen LogP contribution is -2.47. The number of amides is 3. The smallest absolute Gasteiger partial charge is 0.315 e. The SMILES string of the molecule is COC[C@H](C)NC(=O)N[C@H]1CC(=O)N(c2ccccc2)C1. The molecule has 2 rings (SSSR count). The molecule has 2 N–H and O–H groups in total. The van der Waals surface area contributed by atoms with Gasteiger partial charge >= 0.3 is 6.03 Å². The largest absolute Gasteiger partial charge is 0.383 e. The third kappa shape index (κ3) is 4.19. The Bertz CT molecular complexity index is 492. The molecule has 6 nitrogen and oxygen atoms in total. The highest BCUT2D eigenvalue weighted by molar-refractivity contribution is 5.96. The van der Waals surface area contributed by atoms with Crippen LogP contribution in [0.25, 0.3) is 0 Å². The van der Waals surface area contributed by atoms with Gasteiger partial charge in [-0.1, -0.05) is 18.2 Å². The molecule has 1 fully saturated rings. The number of nitrogens with zero attached hydrogens (tertiary/aromatic N) is 1. The van der Waals surface area contributed by atoms with Crippen LogP contribution >= 0.6 is 0 Å². The third-order valence-corrected chi connectivity index (χ3v) is 3.32. The van der Waals surface area contributed by atoms with E-state index < -0.39 is 0 Å². The zero-order valence-electron chi connectivity index (χ0n) is 12.3. The van der Waals surface area contributed by atoms with Crippen molar-refractivity contribution >= 4 is 17.6 Å². The van der Waals surface area contributed by atoms with Gasteiger partial charge in [0.1, 0.15) is 0 Å². The van der Waals surface area contributed by atoms with E-state index in [1.54, 1.807) is 12.0 Å². The van der Waals surface area contributed by atoms with Gasteiger partial charge in [-0.15, -0.1) is 0 Å². The van der Waals surface area contributed by atoms with Crippen molar-refractivity contribution < 1.29 is 14.3 Å². The lowest BCUT2D eigenvalue weighted by molar-refractivity contribution is -0.117. The first-order valence-corrected chi connectivity index (χ1v) is 7.01. The number of rotatable bonds is 5. The fourth-order valence-corrected chi connectivity index (χ4v) is 2.40. The second kappa shape index (κ2) is 7.08. The van der Waals surface area contributed by atoms with Crippen LogP contribution in [0.2, 0.25) is 0 Å². The first-order valence-electron chi connectivity index (χ1n) is 7.01. The summed E-state index contributed by atoms with van der Waals surface area (Å²) in [6.45, 7) is 2.81. The van der Waals surface area contributed by atoms with E-state index in [0.717, 1.165) is 5.69 Å². The van der Waals surface area contributed by atoms with Gasteiger partial charge in [0.25, 0.3) is 0 Å². The molecule has 0 saturated carbocycles. The van der Waals surface area contributed by atoms with Crippen LogP contribution in [0.15, 0.2) is 30.3 Å². The fourth-order valence-electron chi connectivity index (χ4n) is 2.40. The summed E-state index contributed by atoms with van der Waals surface area (Å²) in [5.74, 6) is 0.0245. The van der Waals surface area contributed by atoms with E-state index in [-0.39, 0.29) is 24.0 Å². The van der Waals surface area contributed by atoms with Crippen LogP contribution in [0.1, 0.15) is 13.3 Å². The molecule has 1 heterocycles. The number of hydrogen-bond donors (Lipinski definition) is 2. The number of methoxy groups -OCH3 is 1. The quantitative estimate of drug-likeness (QED) is 0.854. The summed E-state index contributed by atoms with van der Waals surface area (Å²) in [5.41, 5.74) is 0.861. The monoisotopic (exact) mass is 291 g/mol. The average Bonchev–Trinajstić information content (AvgIpc) is 2.80. The summed E-state index contributed by atoms with van der Waals surface area (Å²) in [5, 5.41) is 5.60. The molecule has 1 aliphatic rings. The standard InChI is InChI=1S/C15H21N3O3/c1-11(10-21-2)16-15(20)17-12-8-14(19)18(9-12)13-6-4-3-5-7-13/h3-7,11-12H,8-10H2,1-2H3,(H2,16,17,20)/t11-,12-/m0/s1. The molecule has 0 radical (unpaired) electrons. The van der Waals surface area contributed by atoms with Crippen LogP contribution in [0.3, 0.4) is 0 Å². The summed E-state index contributed by atoms with van der Waals surface area (Å²) >= 11 is 0. The second-order valence-corrected chi connectivity index (χ2v) is 5.22. The lowest BCUT2D eigenvalue weighted by atomic mass is 10.2. The fraction of sp³-hybridized carbons (Fsp3) is 0.467. The van der Waals surface area contributed by atoms with E-state index in [2.05, 4.69) is 10.6 Å². The molecule has 1 aliphatic heterocycles. The minimum absolute atomic E-state index is 0.0245. The van der Waals surface area contributed by atoms with Crippen molar-refractivity contribution in [3.8, 4) is 0 Å². The van der Waals surface area contributed by atoms with Crippen molar-refractivity contribution in [2.45, 2.75) is 25.4 Å². The number of nitrogens with one attached hydrogen (secondary N) is 2. The van der Waals surface area contributed by atoms with E-state index >= 15 is 0 Å². The van der Waals surface area contributed by atoms with Gasteiger partial charge in [0.05, 0.1) is 18.7 Å². The Balaban J connectivity index is 1.87. The maximum Gasteiger partial charge on any atom is 0.315 e. The number of anilines is 1. The van der Waals surface area contributed by atoms with E-state index in [4.69, 9.17) is 4.74 Å². The summed E-state index contributed by atoms with van der Waals surface area (Å²) < 4.78 is 4.96. The van der Waals surface area contributed by atoms with Crippen molar-refractivity contribution in [2.24, 2.45) is 0 Å². The summed E-state index contributed by atoms with van der Waals surface area (Å²) in [6, 6.07) is 8.95. The number of ether oxygens (including phenoxy) is 1. The van der Waals surface area contributed by atoms with Gasteiger partial charge in [-0.2, -0.15) is 0 Å². The molecule has 0 aromatic heterocycles. The van der Waals surface area contributed by atoms with Crippen LogP contribution in [0, 0.1) is 0 Å². The number of urea groups is 1. The molecule has 2 atom stereocenters. The van der Waals surface area contributed by atoms with Gasteiger partial charge in [0.15, 0.2) is 0 Å². The van der Waals surface area contributed by atoms with Gasteiger partial charge in [-0.25, -0.2) is 4.79 Å². The van der Waals surface area contributed by atoms with Crippen LogP contribution in [0.5, 0.6) is 0 Å². The predicted octanol–water partition coefficient (Wildman–Crippen LogP) is 1.13. The Morgan fingerprint density at radius 3 is 2.81 bits per heavy atom. The zero-order valence-corrected chi connectivity index (χ0v) is 12.3. The highest BCUT2D eigenvalue weighted by Crippen LogP contribution is 2.20. The summed E-state index contributed by atoms with van der Waals surface area (Å²) in [6.07, 6.45) is 0.320. The predicted molar refractivity (Wildman–Crippen MR) is 80.2 cm³/mol. The third-order valence-electron chi connectivity index (χ3n) is 3.32. The van der Waals surface area contributed by atoms with Crippen LogP contribution in [0.4, 0.5) is 10.5 Å². The van der Waals surface area contributed by atoms with Gasteiger partial charge in [-0.05, 0) is 19.1 Å². The van der Waals surface area contributed by atoms with Crippen molar-refractivity contribution in [1.82, 2.24) is 10.6 Å². The number of carbonyl (C=O) groups excluding carboxylic acids is 2. The van der Waals surface area contributed by atoms with Crippen LogP contribution in [-0.2, 0) is 9.53 Å². The molecule has 0 unspecified atom stereocenters. The van der Waals surface area contributed by atoms with Gasteiger partial charge < -0.3 is 20.3 Å². The Kier molecular flexibility index (Phi) is 5.16. The zero-order chi connectivity index (χ0) is 15.2. The number of carbonyl (C=O) groups is 2. The highest BCUT2D eigenvalue weighted by Gasteiger charge is 2.31. The van der Waals surface area contributed by atoms with Gasteiger partial charge in [-0.3, -0.25) is 4.79 Å². The molecule has 21 heavy (non-hydrogen) atoms. The average molecular weight is 291 g/mol. The Morgan fingerprint density at radius 1 is 1.43 bits per heavy atom. The maximum atomic E-state index is 12.0. The number of benzene rings is 1. The Labute approximate surface area is 124 Å². The molecular weight excluding hydrogens is 270 g/mol. The molecule has 114 valence electrons. The van der Waals surface area contributed by atoms with Crippen molar-refractivity contribution in [3.63, 3.8) is 0 Å². The van der Waals surface area contributed by atoms with E-state index in [1.165, 1.54) is 0 Å². The minimum atomic E-state index is -0.271. The maximum absolute atomic E-state index is 12.0. The van der Waals surface area contributed by atoms with Gasteiger partial charge in [0.2, 0.25) is 5.91 Å².